The summed E-state index contributed by atoms with van der Waals surface area (Å²) in [5.74, 6) is 0.323. The van der Waals surface area contributed by atoms with Crippen molar-refractivity contribution in [3.05, 3.63) is 29.8 Å². The van der Waals surface area contributed by atoms with Gasteiger partial charge in [-0.15, -0.1) is 0 Å². The summed E-state index contributed by atoms with van der Waals surface area (Å²) in [7, 11) is 3.22. The number of hydrogen-bond acceptors (Lipinski definition) is 3. The second kappa shape index (κ2) is 5.17. The molecule has 1 rings (SSSR count). The van der Waals surface area contributed by atoms with Gasteiger partial charge in [-0.3, -0.25) is 0 Å². The third-order valence-corrected chi connectivity index (χ3v) is 3.72. The van der Waals surface area contributed by atoms with Gasteiger partial charge in [0.1, 0.15) is 0 Å². The molecule has 0 aliphatic rings. The zero-order valence-corrected chi connectivity index (χ0v) is 11.0. The summed E-state index contributed by atoms with van der Waals surface area (Å²) in [6, 6.07) is 6.44. The van der Waals surface area contributed by atoms with Crippen LogP contribution >= 0.6 is 10.7 Å². The highest BCUT2D eigenvalue weighted by Crippen LogP contribution is 2.26. The predicted octanol–water partition coefficient (Wildman–Crippen LogP) is 2.96. The number of methoxy groups -OCH3 is 1. The lowest BCUT2D eigenvalue weighted by Gasteiger charge is -2.19. The normalized spacial score (nSPS) is 14.1. The van der Waals surface area contributed by atoms with E-state index >= 15 is 0 Å². The van der Waals surface area contributed by atoms with Crippen LogP contribution in [0.15, 0.2) is 29.2 Å². The van der Waals surface area contributed by atoms with Crippen LogP contribution < -0.4 is 0 Å². The number of ether oxygens (including phenoxy) is 1. The average molecular weight is 263 g/mol. The van der Waals surface area contributed by atoms with Crippen LogP contribution in [-0.4, -0.2) is 15.5 Å². The zero-order valence-electron chi connectivity index (χ0n) is 9.48. The van der Waals surface area contributed by atoms with Gasteiger partial charge >= 0.3 is 0 Å². The molecule has 1 aromatic rings. The topological polar surface area (TPSA) is 43.4 Å². The van der Waals surface area contributed by atoms with E-state index in [1.165, 1.54) is 12.1 Å². The third kappa shape index (κ3) is 3.20. The molecule has 1 atom stereocenters. The Morgan fingerprint density at radius 2 is 1.69 bits per heavy atom. The molecule has 0 unspecified atom stereocenters. The van der Waals surface area contributed by atoms with Crippen molar-refractivity contribution in [3.63, 3.8) is 0 Å². The van der Waals surface area contributed by atoms with Gasteiger partial charge in [-0.05, 0) is 23.6 Å². The van der Waals surface area contributed by atoms with E-state index in [-0.39, 0.29) is 11.0 Å². The maximum Gasteiger partial charge on any atom is 0.261 e. The SMILES string of the molecule is CO[C@@H](c1ccc(S(=O)(=O)Cl)cc1)C(C)C. The largest absolute Gasteiger partial charge is 0.376 e. The Labute approximate surface area is 101 Å². The number of rotatable bonds is 4. The van der Waals surface area contributed by atoms with Crippen LogP contribution in [0.25, 0.3) is 0 Å². The van der Waals surface area contributed by atoms with Crippen LogP contribution in [0.4, 0.5) is 0 Å². The van der Waals surface area contributed by atoms with Gasteiger partial charge in [0.15, 0.2) is 0 Å². The van der Waals surface area contributed by atoms with Crippen LogP contribution in [0, 0.1) is 5.92 Å². The minimum absolute atomic E-state index is 0.0351. The molecule has 0 bridgehead atoms. The van der Waals surface area contributed by atoms with Gasteiger partial charge in [0, 0.05) is 17.8 Å². The Bertz CT molecular complexity index is 437. The van der Waals surface area contributed by atoms with Crippen molar-refractivity contribution in [2.75, 3.05) is 7.11 Å². The van der Waals surface area contributed by atoms with E-state index < -0.39 is 9.05 Å². The molecule has 0 saturated heterocycles. The quantitative estimate of drug-likeness (QED) is 0.784. The van der Waals surface area contributed by atoms with Gasteiger partial charge in [-0.25, -0.2) is 8.42 Å². The molecule has 0 fully saturated rings. The fourth-order valence-electron chi connectivity index (χ4n) is 1.61. The molecule has 0 heterocycles. The summed E-state index contributed by atoms with van der Waals surface area (Å²) in [6.45, 7) is 4.08. The summed E-state index contributed by atoms with van der Waals surface area (Å²) in [4.78, 5) is 0.108. The van der Waals surface area contributed by atoms with E-state index in [1.54, 1.807) is 19.2 Å². The number of benzene rings is 1. The Hall–Kier alpha value is -0.580. The van der Waals surface area contributed by atoms with Crippen LogP contribution in [-0.2, 0) is 13.8 Å². The van der Waals surface area contributed by atoms with Gasteiger partial charge < -0.3 is 4.74 Å². The second-order valence-corrected chi connectivity index (χ2v) is 6.47. The highest BCUT2D eigenvalue weighted by Gasteiger charge is 2.16. The monoisotopic (exact) mass is 262 g/mol. The van der Waals surface area contributed by atoms with E-state index in [1.807, 2.05) is 13.8 Å². The van der Waals surface area contributed by atoms with E-state index in [4.69, 9.17) is 15.4 Å². The summed E-state index contributed by atoms with van der Waals surface area (Å²) in [5, 5.41) is 0. The molecule has 3 nitrogen and oxygen atoms in total. The fourth-order valence-corrected chi connectivity index (χ4v) is 2.38. The minimum atomic E-state index is -3.64. The van der Waals surface area contributed by atoms with Crippen LogP contribution in [0.2, 0.25) is 0 Å². The lowest BCUT2D eigenvalue weighted by Crippen LogP contribution is -2.08. The molecular weight excluding hydrogens is 248 g/mol. The molecule has 5 heteroatoms. The van der Waals surface area contributed by atoms with E-state index in [2.05, 4.69) is 0 Å². The summed E-state index contributed by atoms with van der Waals surface area (Å²) in [6.07, 6.45) is -0.0351. The molecule has 16 heavy (non-hydrogen) atoms. The first-order valence-electron chi connectivity index (χ1n) is 4.93. The van der Waals surface area contributed by atoms with Gasteiger partial charge in [0.05, 0.1) is 11.0 Å². The van der Waals surface area contributed by atoms with Crippen molar-refractivity contribution < 1.29 is 13.2 Å². The highest BCUT2D eigenvalue weighted by molar-refractivity contribution is 8.13. The van der Waals surface area contributed by atoms with Crippen LogP contribution in [0.3, 0.4) is 0 Å². The Balaban J connectivity index is 3.03. The van der Waals surface area contributed by atoms with Crippen molar-refractivity contribution in [1.82, 2.24) is 0 Å². The van der Waals surface area contributed by atoms with Crippen molar-refractivity contribution >= 4 is 19.7 Å². The number of halogens is 1. The van der Waals surface area contributed by atoms with Crippen molar-refractivity contribution in [2.45, 2.75) is 24.8 Å². The molecule has 0 N–H and O–H groups in total. The summed E-state index contributed by atoms with van der Waals surface area (Å²) in [5.41, 5.74) is 0.946. The van der Waals surface area contributed by atoms with Crippen LogP contribution in [0.5, 0.6) is 0 Å². The first-order valence-corrected chi connectivity index (χ1v) is 7.24. The van der Waals surface area contributed by atoms with E-state index in [0.717, 1.165) is 5.56 Å². The van der Waals surface area contributed by atoms with E-state index in [0.29, 0.717) is 5.92 Å². The predicted molar refractivity (Wildman–Crippen MR) is 64.1 cm³/mol. The van der Waals surface area contributed by atoms with Gasteiger partial charge in [-0.2, -0.15) is 0 Å². The smallest absolute Gasteiger partial charge is 0.261 e. The van der Waals surface area contributed by atoms with Gasteiger partial charge in [-0.1, -0.05) is 26.0 Å². The molecule has 1 aromatic carbocycles. The Morgan fingerprint density at radius 3 is 2.00 bits per heavy atom. The molecule has 0 amide bonds. The minimum Gasteiger partial charge on any atom is -0.376 e. The van der Waals surface area contributed by atoms with E-state index in [9.17, 15) is 8.42 Å². The molecule has 0 aliphatic carbocycles. The molecule has 0 aromatic heterocycles. The molecule has 90 valence electrons. The second-order valence-electron chi connectivity index (χ2n) is 3.91. The molecule has 0 spiro atoms. The summed E-state index contributed by atoms with van der Waals surface area (Å²) >= 11 is 0. The first-order chi connectivity index (χ1) is 7.36. The molecule has 0 saturated carbocycles. The highest BCUT2D eigenvalue weighted by atomic mass is 35.7. The lowest BCUT2D eigenvalue weighted by molar-refractivity contribution is 0.0646. The maximum atomic E-state index is 11.1. The zero-order chi connectivity index (χ0) is 12.3. The van der Waals surface area contributed by atoms with Crippen molar-refractivity contribution in [3.8, 4) is 0 Å². The molecule has 0 radical (unpaired) electrons. The van der Waals surface area contributed by atoms with Crippen molar-refractivity contribution in [1.29, 1.82) is 0 Å². The number of hydrogen-bond donors (Lipinski definition) is 0. The third-order valence-electron chi connectivity index (χ3n) is 2.35. The Kier molecular flexibility index (Phi) is 4.35. The first kappa shape index (κ1) is 13.5. The fraction of sp³-hybridized carbons (Fsp3) is 0.455. The standard InChI is InChI=1S/C11H15ClO3S/c1-8(2)11(15-3)9-4-6-10(7-5-9)16(12,13)14/h4-8,11H,1-3H3/t11-/m1/s1. The Morgan fingerprint density at radius 1 is 1.19 bits per heavy atom. The van der Waals surface area contributed by atoms with Gasteiger partial charge in [0.25, 0.3) is 9.05 Å². The van der Waals surface area contributed by atoms with Crippen LogP contribution in [0.1, 0.15) is 25.5 Å². The molecular formula is C11H15ClO3S. The molecule has 0 aliphatic heterocycles. The maximum absolute atomic E-state index is 11.1. The average Bonchev–Trinajstić information content (AvgIpc) is 2.17. The summed E-state index contributed by atoms with van der Waals surface area (Å²) < 4.78 is 27.4. The van der Waals surface area contributed by atoms with Crippen molar-refractivity contribution in [2.24, 2.45) is 5.92 Å². The lowest BCUT2D eigenvalue weighted by atomic mass is 9.99. The van der Waals surface area contributed by atoms with Gasteiger partial charge in [0.2, 0.25) is 0 Å².